The van der Waals surface area contributed by atoms with E-state index in [4.69, 9.17) is 11.1 Å². The van der Waals surface area contributed by atoms with Gasteiger partial charge < -0.3 is 5.73 Å². The Kier molecular flexibility index (Phi) is 2.32. The van der Waals surface area contributed by atoms with Crippen LogP contribution in [-0.2, 0) is 0 Å². The molecule has 2 rings (SSSR count). The molecule has 0 bridgehead atoms. The van der Waals surface area contributed by atoms with Crippen molar-refractivity contribution in [1.29, 1.82) is 5.41 Å². The maximum absolute atomic E-state index is 7.38. The minimum absolute atomic E-state index is 0.132. The monoisotopic (exact) mass is 216 g/mol. The fraction of sp³-hybridized carbons (Fsp3) is 0.0833. The molecule has 1 aromatic heterocycles. The summed E-state index contributed by atoms with van der Waals surface area (Å²) in [6.45, 7) is 5.90. The maximum Gasteiger partial charge on any atom is 0.133 e. The third-order valence-electron chi connectivity index (χ3n) is 2.27. The van der Waals surface area contributed by atoms with Crippen molar-refractivity contribution in [2.75, 3.05) is 0 Å². The number of allylic oxidation sites excluding steroid dienone is 1. The largest absolute Gasteiger partial charge is 0.383 e. The molecule has 3 N–H and O–H groups in total. The molecular formula is C12H12N2S. The van der Waals surface area contributed by atoms with Crippen molar-refractivity contribution >= 4 is 32.8 Å². The molecule has 1 heterocycles. The summed E-state index contributed by atoms with van der Waals surface area (Å²) in [4.78, 5) is 0.823. The molecule has 2 nitrogen and oxygen atoms in total. The highest BCUT2D eigenvalue weighted by atomic mass is 32.1. The smallest absolute Gasteiger partial charge is 0.133 e. The number of nitrogens with one attached hydrogen (secondary N) is 1. The van der Waals surface area contributed by atoms with E-state index in [1.807, 2.05) is 19.1 Å². The van der Waals surface area contributed by atoms with Gasteiger partial charge in [0.2, 0.25) is 0 Å². The van der Waals surface area contributed by atoms with Crippen LogP contribution in [0.1, 0.15) is 17.4 Å². The Labute approximate surface area is 92.5 Å². The van der Waals surface area contributed by atoms with Crippen molar-refractivity contribution in [2.45, 2.75) is 6.92 Å². The fourth-order valence-corrected chi connectivity index (χ4v) is 2.35. The molecule has 0 amide bonds. The predicted molar refractivity (Wildman–Crippen MR) is 67.5 cm³/mol. The van der Waals surface area contributed by atoms with E-state index in [0.29, 0.717) is 0 Å². The molecule has 0 fully saturated rings. The first-order valence-electron chi connectivity index (χ1n) is 4.62. The molecular weight excluding hydrogens is 204 g/mol. The summed E-state index contributed by atoms with van der Waals surface area (Å²) in [5.74, 6) is 0.132. The predicted octanol–water partition coefficient (Wildman–Crippen LogP) is 3.22. The molecule has 0 aliphatic heterocycles. The minimum Gasteiger partial charge on any atom is -0.383 e. The van der Waals surface area contributed by atoms with E-state index >= 15 is 0 Å². The van der Waals surface area contributed by atoms with Gasteiger partial charge in [-0.3, -0.25) is 5.41 Å². The lowest BCUT2D eigenvalue weighted by Gasteiger charge is -1.98. The molecule has 0 aliphatic carbocycles. The summed E-state index contributed by atoms with van der Waals surface area (Å²) in [5, 5.41) is 8.51. The first-order chi connectivity index (χ1) is 7.08. The van der Waals surface area contributed by atoms with E-state index in [2.05, 4.69) is 18.7 Å². The van der Waals surface area contributed by atoms with Crippen LogP contribution in [0.4, 0.5) is 0 Å². The van der Waals surface area contributed by atoms with Crippen LogP contribution in [0.15, 0.2) is 30.8 Å². The van der Waals surface area contributed by atoms with Gasteiger partial charge in [0, 0.05) is 4.70 Å². The number of nitrogen functional groups attached to an aromatic ring is 1. The number of thiophene rings is 1. The molecule has 2 aromatic rings. The van der Waals surface area contributed by atoms with Crippen LogP contribution in [-0.4, -0.2) is 5.84 Å². The van der Waals surface area contributed by atoms with Crippen molar-refractivity contribution in [1.82, 2.24) is 0 Å². The number of hydrogen-bond donors (Lipinski definition) is 2. The SMILES string of the molecule is C=C(C)c1ccc2sc(C(=N)N)cc2c1. The molecule has 0 radical (unpaired) electrons. The van der Waals surface area contributed by atoms with Crippen LogP contribution in [0.5, 0.6) is 0 Å². The summed E-state index contributed by atoms with van der Waals surface area (Å²) in [7, 11) is 0. The van der Waals surface area contributed by atoms with Crippen LogP contribution in [0.2, 0.25) is 0 Å². The van der Waals surface area contributed by atoms with Crippen LogP contribution in [0.3, 0.4) is 0 Å². The quantitative estimate of drug-likeness (QED) is 0.587. The Hall–Kier alpha value is -1.61. The van der Waals surface area contributed by atoms with Gasteiger partial charge in [0.15, 0.2) is 0 Å². The van der Waals surface area contributed by atoms with Gasteiger partial charge in [-0.1, -0.05) is 18.2 Å². The molecule has 0 aliphatic rings. The molecule has 1 aromatic carbocycles. The average Bonchev–Trinajstić information content (AvgIpc) is 2.59. The number of amidine groups is 1. The topological polar surface area (TPSA) is 49.9 Å². The van der Waals surface area contributed by atoms with Gasteiger partial charge in [-0.15, -0.1) is 11.3 Å². The van der Waals surface area contributed by atoms with Gasteiger partial charge in [0.1, 0.15) is 5.84 Å². The van der Waals surface area contributed by atoms with E-state index in [1.165, 1.54) is 0 Å². The zero-order valence-corrected chi connectivity index (χ0v) is 9.32. The lowest BCUT2D eigenvalue weighted by molar-refractivity contribution is 1.46. The van der Waals surface area contributed by atoms with Gasteiger partial charge in [-0.05, 0) is 36.1 Å². The second-order valence-electron chi connectivity index (χ2n) is 3.56. The highest BCUT2D eigenvalue weighted by Gasteiger charge is 2.04. The highest BCUT2D eigenvalue weighted by Crippen LogP contribution is 2.27. The van der Waals surface area contributed by atoms with E-state index in [9.17, 15) is 0 Å². The van der Waals surface area contributed by atoms with Crippen molar-refractivity contribution in [3.05, 3.63) is 41.3 Å². The average molecular weight is 216 g/mol. The Morgan fingerprint density at radius 2 is 2.13 bits per heavy atom. The van der Waals surface area contributed by atoms with E-state index in [1.54, 1.807) is 11.3 Å². The zero-order chi connectivity index (χ0) is 11.0. The van der Waals surface area contributed by atoms with E-state index in [-0.39, 0.29) is 5.84 Å². The van der Waals surface area contributed by atoms with Crippen LogP contribution in [0.25, 0.3) is 15.7 Å². The van der Waals surface area contributed by atoms with Gasteiger partial charge in [0.05, 0.1) is 4.88 Å². The number of fused-ring (bicyclic) bond motifs is 1. The molecule has 0 saturated heterocycles. The third-order valence-corrected chi connectivity index (χ3v) is 3.42. The minimum atomic E-state index is 0.132. The number of benzene rings is 1. The van der Waals surface area contributed by atoms with Gasteiger partial charge in [-0.25, -0.2) is 0 Å². The van der Waals surface area contributed by atoms with Gasteiger partial charge >= 0.3 is 0 Å². The zero-order valence-electron chi connectivity index (χ0n) is 8.50. The Balaban J connectivity index is 2.62. The second-order valence-corrected chi connectivity index (χ2v) is 4.64. The number of nitrogens with two attached hydrogens (primary N) is 1. The molecule has 76 valence electrons. The molecule has 15 heavy (non-hydrogen) atoms. The standard InChI is InChI=1S/C12H12N2S/c1-7(2)8-3-4-10-9(5-8)6-11(15-10)12(13)14/h3-6H,1H2,2H3,(H3,13,14). The Morgan fingerprint density at radius 1 is 1.40 bits per heavy atom. The first-order valence-corrected chi connectivity index (χ1v) is 5.43. The third kappa shape index (κ3) is 1.78. The van der Waals surface area contributed by atoms with E-state index in [0.717, 1.165) is 26.1 Å². The summed E-state index contributed by atoms with van der Waals surface area (Å²) in [5.41, 5.74) is 7.63. The lowest BCUT2D eigenvalue weighted by Crippen LogP contribution is -2.08. The van der Waals surface area contributed by atoms with Gasteiger partial charge in [0.25, 0.3) is 0 Å². The van der Waals surface area contributed by atoms with Crippen molar-refractivity contribution in [2.24, 2.45) is 5.73 Å². The molecule has 0 spiro atoms. The van der Waals surface area contributed by atoms with Crippen molar-refractivity contribution in [3.63, 3.8) is 0 Å². The molecule has 0 atom stereocenters. The number of hydrogen-bond acceptors (Lipinski definition) is 2. The summed E-state index contributed by atoms with van der Waals surface area (Å²) in [6.07, 6.45) is 0. The van der Waals surface area contributed by atoms with Gasteiger partial charge in [-0.2, -0.15) is 0 Å². The van der Waals surface area contributed by atoms with Crippen LogP contribution in [0, 0.1) is 5.41 Å². The summed E-state index contributed by atoms with van der Waals surface area (Å²) < 4.78 is 1.16. The van der Waals surface area contributed by atoms with Crippen molar-refractivity contribution < 1.29 is 0 Å². The molecule has 0 unspecified atom stereocenters. The fourth-order valence-electron chi connectivity index (χ4n) is 1.44. The van der Waals surface area contributed by atoms with Crippen molar-refractivity contribution in [3.8, 4) is 0 Å². The maximum atomic E-state index is 7.38. The summed E-state index contributed by atoms with van der Waals surface area (Å²) >= 11 is 1.55. The van der Waals surface area contributed by atoms with Crippen LogP contribution < -0.4 is 5.73 Å². The Bertz CT molecular complexity index is 540. The van der Waals surface area contributed by atoms with Crippen LogP contribution >= 0.6 is 11.3 Å². The molecule has 3 heteroatoms. The number of rotatable bonds is 2. The first kappa shape index (κ1) is 9.93. The molecule has 0 saturated carbocycles. The lowest BCUT2D eigenvalue weighted by atomic mass is 10.1. The Morgan fingerprint density at radius 3 is 2.73 bits per heavy atom. The summed E-state index contributed by atoms with van der Waals surface area (Å²) in [6, 6.07) is 8.14. The van der Waals surface area contributed by atoms with E-state index < -0.39 is 0 Å². The highest BCUT2D eigenvalue weighted by molar-refractivity contribution is 7.20. The normalized spacial score (nSPS) is 10.5. The second kappa shape index (κ2) is 3.51.